The average Bonchev–Trinajstić information content (AvgIpc) is 2.18. The summed E-state index contributed by atoms with van der Waals surface area (Å²) in [5, 5.41) is 9.44. The number of rotatable bonds is 2. The Morgan fingerprint density at radius 1 is 1.44 bits per heavy atom. The third-order valence-electron chi connectivity index (χ3n) is 2.13. The second-order valence-electron chi connectivity index (χ2n) is 3.43. The molecule has 0 aliphatic rings. The van der Waals surface area contributed by atoms with Gasteiger partial charge in [-0.05, 0) is 18.6 Å². The van der Waals surface area contributed by atoms with Crippen molar-refractivity contribution in [3.05, 3.63) is 28.8 Å². The van der Waals surface area contributed by atoms with Gasteiger partial charge in [0.2, 0.25) is 0 Å². The first-order valence-corrected chi connectivity index (χ1v) is 4.38. The highest BCUT2D eigenvalue weighted by Gasteiger charge is 2.39. The summed E-state index contributed by atoms with van der Waals surface area (Å²) in [4.78, 5) is 10.5. The fraction of sp³-hybridized carbons (Fsp3) is 0.300. The van der Waals surface area contributed by atoms with Crippen LogP contribution in [0.2, 0.25) is 0 Å². The largest absolute Gasteiger partial charge is 0.507 e. The van der Waals surface area contributed by atoms with E-state index >= 15 is 0 Å². The smallest absolute Gasteiger partial charge is 0.407 e. The predicted octanol–water partition coefficient (Wildman–Crippen LogP) is 2.08. The Balaban J connectivity index is 3.34. The zero-order chi connectivity index (χ0) is 12.5. The normalized spacial score (nSPS) is 13.6. The van der Waals surface area contributed by atoms with E-state index in [0.717, 1.165) is 6.07 Å². The molecule has 0 spiro atoms. The molecule has 0 amide bonds. The highest BCUT2D eigenvalue weighted by atomic mass is 19.4. The summed E-state index contributed by atoms with van der Waals surface area (Å²) < 4.78 is 37.1. The molecule has 1 aromatic rings. The molecule has 1 rings (SSSR count). The van der Waals surface area contributed by atoms with Crippen LogP contribution in [0.15, 0.2) is 12.1 Å². The van der Waals surface area contributed by atoms with Crippen LogP contribution in [0.3, 0.4) is 0 Å². The molecule has 0 heterocycles. The number of nitrogens with two attached hydrogens (primary N) is 1. The Morgan fingerprint density at radius 2 is 2.00 bits per heavy atom. The number of halogens is 3. The lowest BCUT2D eigenvalue weighted by molar-refractivity contribution is -0.149. The lowest BCUT2D eigenvalue weighted by atomic mass is 10.00. The van der Waals surface area contributed by atoms with Gasteiger partial charge in [0.1, 0.15) is 11.8 Å². The average molecular weight is 233 g/mol. The molecule has 16 heavy (non-hydrogen) atoms. The van der Waals surface area contributed by atoms with Crippen LogP contribution in [-0.4, -0.2) is 17.6 Å². The summed E-state index contributed by atoms with van der Waals surface area (Å²) in [7, 11) is 0. The van der Waals surface area contributed by atoms with E-state index in [4.69, 9.17) is 5.73 Å². The van der Waals surface area contributed by atoms with Crippen LogP contribution in [-0.2, 0) is 0 Å². The SMILES string of the molecule is Cc1cc(C=O)c(O)c([C@@H](N)C(F)(F)F)c1. The van der Waals surface area contributed by atoms with Crippen molar-refractivity contribution in [2.75, 3.05) is 0 Å². The van der Waals surface area contributed by atoms with Gasteiger partial charge in [0.05, 0.1) is 5.56 Å². The van der Waals surface area contributed by atoms with E-state index in [1.165, 1.54) is 13.0 Å². The van der Waals surface area contributed by atoms with Gasteiger partial charge in [-0.3, -0.25) is 4.79 Å². The molecule has 1 atom stereocenters. The third-order valence-corrected chi connectivity index (χ3v) is 2.13. The van der Waals surface area contributed by atoms with Crippen molar-refractivity contribution >= 4 is 6.29 Å². The predicted molar refractivity (Wildman–Crippen MR) is 51.2 cm³/mol. The van der Waals surface area contributed by atoms with E-state index in [1.54, 1.807) is 0 Å². The van der Waals surface area contributed by atoms with Crippen molar-refractivity contribution in [1.82, 2.24) is 0 Å². The Labute approximate surface area is 89.7 Å². The van der Waals surface area contributed by atoms with Crippen molar-refractivity contribution < 1.29 is 23.1 Å². The number of carbonyl (C=O) groups is 1. The first-order chi connectivity index (χ1) is 7.27. The third kappa shape index (κ3) is 2.33. The van der Waals surface area contributed by atoms with Crippen molar-refractivity contribution in [3.63, 3.8) is 0 Å². The molecule has 0 saturated carbocycles. The van der Waals surface area contributed by atoms with E-state index in [2.05, 4.69) is 0 Å². The molecule has 88 valence electrons. The second kappa shape index (κ2) is 4.13. The fourth-order valence-corrected chi connectivity index (χ4v) is 1.34. The van der Waals surface area contributed by atoms with Crippen molar-refractivity contribution in [2.45, 2.75) is 19.1 Å². The Kier molecular flexibility index (Phi) is 3.23. The van der Waals surface area contributed by atoms with E-state index in [0.29, 0.717) is 5.56 Å². The highest BCUT2D eigenvalue weighted by molar-refractivity contribution is 5.80. The summed E-state index contributed by atoms with van der Waals surface area (Å²) in [5.41, 5.74) is 4.70. The molecule has 0 unspecified atom stereocenters. The van der Waals surface area contributed by atoms with E-state index in [9.17, 15) is 23.1 Å². The van der Waals surface area contributed by atoms with Crippen molar-refractivity contribution in [1.29, 1.82) is 0 Å². The number of hydrogen-bond acceptors (Lipinski definition) is 3. The number of carbonyl (C=O) groups excluding carboxylic acids is 1. The Morgan fingerprint density at radius 3 is 2.44 bits per heavy atom. The van der Waals surface area contributed by atoms with Gasteiger partial charge in [0.15, 0.2) is 6.29 Å². The van der Waals surface area contributed by atoms with Gasteiger partial charge in [-0.2, -0.15) is 13.2 Å². The number of aldehydes is 1. The lowest BCUT2D eigenvalue weighted by Crippen LogP contribution is -2.28. The van der Waals surface area contributed by atoms with Crippen LogP contribution in [0.5, 0.6) is 5.75 Å². The number of hydrogen-bond donors (Lipinski definition) is 2. The van der Waals surface area contributed by atoms with Crippen LogP contribution in [0.4, 0.5) is 13.2 Å². The van der Waals surface area contributed by atoms with E-state index in [-0.39, 0.29) is 11.8 Å². The molecule has 0 saturated heterocycles. The fourth-order valence-electron chi connectivity index (χ4n) is 1.34. The van der Waals surface area contributed by atoms with Crippen LogP contribution < -0.4 is 5.73 Å². The first kappa shape index (κ1) is 12.5. The zero-order valence-corrected chi connectivity index (χ0v) is 8.38. The van der Waals surface area contributed by atoms with Gasteiger partial charge in [-0.25, -0.2) is 0 Å². The molecule has 3 nitrogen and oxygen atoms in total. The molecule has 1 aromatic carbocycles. The minimum absolute atomic E-state index is 0.199. The number of benzene rings is 1. The molecule has 0 radical (unpaired) electrons. The highest BCUT2D eigenvalue weighted by Crippen LogP contribution is 2.36. The second-order valence-corrected chi connectivity index (χ2v) is 3.43. The molecule has 0 fully saturated rings. The molecule has 0 aliphatic heterocycles. The zero-order valence-electron chi connectivity index (χ0n) is 8.38. The van der Waals surface area contributed by atoms with Crippen molar-refractivity contribution in [3.8, 4) is 5.75 Å². The van der Waals surface area contributed by atoms with Crippen LogP contribution in [0.1, 0.15) is 27.5 Å². The van der Waals surface area contributed by atoms with Gasteiger partial charge in [-0.15, -0.1) is 0 Å². The number of aryl methyl sites for hydroxylation is 1. The minimum Gasteiger partial charge on any atom is -0.507 e. The molecular formula is C10H10F3NO2. The Hall–Kier alpha value is -1.56. The molecular weight excluding hydrogens is 223 g/mol. The summed E-state index contributed by atoms with van der Waals surface area (Å²) in [6.07, 6.45) is -4.37. The molecule has 3 N–H and O–H groups in total. The lowest BCUT2D eigenvalue weighted by Gasteiger charge is -2.18. The molecule has 0 bridgehead atoms. The Bertz CT molecular complexity index is 415. The van der Waals surface area contributed by atoms with E-state index in [1.807, 2.05) is 0 Å². The topological polar surface area (TPSA) is 63.3 Å². The maximum atomic E-state index is 12.4. The minimum atomic E-state index is -4.66. The maximum Gasteiger partial charge on any atom is 0.407 e. The molecule has 0 aliphatic carbocycles. The van der Waals surface area contributed by atoms with Gasteiger partial charge < -0.3 is 10.8 Å². The maximum absolute atomic E-state index is 12.4. The summed E-state index contributed by atoms with van der Waals surface area (Å²) in [5.74, 6) is -0.717. The van der Waals surface area contributed by atoms with Gasteiger partial charge in [0, 0.05) is 5.56 Å². The molecule has 0 aromatic heterocycles. The summed E-state index contributed by atoms with van der Waals surface area (Å²) in [6.45, 7) is 1.51. The van der Waals surface area contributed by atoms with Crippen LogP contribution >= 0.6 is 0 Å². The number of phenols is 1. The van der Waals surface area contributed by atoms with Crippen molar-refractivity contribution in [2.24, 2.45) is 5.73 Å². The first-order valence-electron chi connectivity index (χ1n) is 4.38. The van der Waals surface area contributed by atoms with Crippen LogP contribution in [0.25, 0.3) is 0 Å². The molecule has 6 heteroatoms. The number of aromatic hydroxyl groups is 1. The quantitative estimate of drug-likeness (QED) is 0.768. The standard InChI is InChI=1S/C10H10F3NO2/c1-5-2-6(4-15)8(16)7(3-5)9(14)10(11,12)13/h2-4,9,16H,14H2,1H3/t9-/m1/s1. The van der Waals surface area contributed by atoms with E-state index < -0.39 is 23.5 Å². The monoisotopic (exact) mass is 233 g/mol. The van der Waals surface area contributed by atoms with Gasteiger partial charge in [0.25, 0.3) is 0 Å². The summed E-state index contributed by atoms with van der Waals surface area (Å²) >= 11 is 0. The van der Waals surface area contributed by atoms with Gasteiger partial charge in [-0.1, -0.05) is 6.07 Å². The van der Waals surface area contributed by atoms with Crippen LogP contribution in [0, 0.1) is 6.92 Å². The summed E-state index contributed by atoms with van der Waals surface area (Å²) in [6, 6.07) is 0.0983. The number of phenolic OH excluding ortho intramolecular Hbond substituents is 1. The number of alkyl halides is 3. The van der Waals surface area contributed by atoms with Gasteiger partial charge >= 0.3 is 6.18 Å².